The lowest BCUT2D eigenvalue weighted by Crippen LogP contribution is -2.47. The van der Waals surface area contributed by atoms with Gasteiger partial charge in [0.15, 0.2) is 0 Å². The lowest BCUT2D eigenvalue weighted by molar-refractivity contribution is -0.137. The van der Waals surface area contributed by atoms with Gasteiger partial charge in [0.1, 0.15) is 5.82 Å². The molecule has 0 saturated carbocycles. The van der Waals surface area contributed by atoms with E-state index in [4.69, 9.17) is 0 Å². The van der Waals surface area contributed by atoms with Gasteiger partial charge in [-0.3, -0.25) is 4.79 Å². The molecule has 2 heterocycles. The highest BCUT2D eigenvalue weighted by Crippen LogP contribution is 2.23. The molecule has 0 bridgehead atoms. The maximum Gasteiger partial charge on any atom is 0.226 e. The fourth-order valence-corrected chi connectivity index (χ4v) is 4.84. The quantitative estimate of drug-likeness (QED) is 0.695. The Balaban J connectivity index is 1.39. The second-order valence-electron chi connectivity index (χ2n) is 9.27. The molecule has 0 radical (unpaired) electrons. The number of carbonyl (C=O) groups is 1. The van der Waals surface area contributed by atoms with Gasteiger partial charge in [-0.1, -0.05) is 18.2 Å². The molecule has 0 aliphatic carbocycles. The molecule has 2 fully saturated rings. The van der Waals surface area contributed by atoms with E-state index in [2.05, 4.69) is 23.6 Å². The molecule has 3 rings (SSSR count). The average Bonchev–Trinajstić information content (AvgIpc) is 2.73. The molecule has 2 saturated heterocycles. The highest BCUT2D eigenvalue weighted by molar-refractivity contribution is 5.79. The summed E-state index contributed by atoms with van der Waals surface area (Å²) in [5.74, 6) is 0.981. The number of amides is 1. The summed E-state index contributed by atoms with van der Waals surface area (Å²) in [6.45, 7) is 10.4. The van der Waals surface area contributed by atoms with Gasteiger partial charge in [-0.2, -0.15) is 0 Å². The summed E-state index contributed by atoms with van der Waals surface area (Å²) in [4.78, 5) is 19.8. The lowest BCUT2D eigenvalue weighted by atomic mass is 9.93. The predicted octanol–water partition coefficient (Wildman–Crippen LogP) is 3.66. The number of nitrogens with zero attached hydrogens (tertiary/aromatic N) is 3. The fraction of sp³-hybridized carbons (Fsp3) is 0.708. The Morgan fingerprint density at radius 1 is 1.17 bits per heavy atom. The van der Waals surface area contributed by atoms with Crippen molar-refractivity contribution >= 4 is 5.91 Å². The Hall–Kier alpha value is -1.46. The molecule has 0 N–H and O–H groups in total. The molecule has 1 atom stereocenters. The van der Waals surface area contributed by atoms with Crippen molar-refractivity contribution in [3.63, 3.8) is 0 Å². The number of piperidine rings is 2. The molecule has 2 aliphatic heterocycles. The van der Waals surface area contributed by atoms with E-state index < -0.39 is 0 Å². The van der Waals surface area contributed by atoms with Crippen molar-refractivity contribution in [2.45, 2.75) is 52.0 Å². The summed E-state index contributed by atoms with van der Waals surface area (Å²) >= 11 is 0. The molecule has 1 amide bonds. The van der Waals surface area contributed by atoms with Crippen molar-refractivity contribution in [1.82, 2.24) is 14.7 Å². The van der Waals surface area contributed by atoms with Crippen LogP contribution in [0, 0.1) is 17.7 Å². The first kappa shape index (κ1) is 22.2. The van der Waals surface area contributed by atoms with Crippen molar-refractivity contribution < 1.29 is 9.18 Å². The summed E-state index contributed by atoms with van der Waals surface area (Å²) in [5.41, 5.74) is 0.808. The molecule has 29 heavy (non-hydrogen) atoms. The van der Waals surface area contributed by atoms with Crippen LogP contribution in [0.1, 0.15) is 45.1 Å². The van der Waals surface area contributed by atoms with Crippen LogP contribution in [-0.4, -0.2) is 73.0 Å². The smallest absolute Gasteiger partial charge is 0.226 e. The minimum atomic E-state index is -0.0960. The minimum absolute atomic E-state index is 0.0960. The van der Waals surface area contributed by atoms with Crippen LogP contribution in [0.5, 0.6) is 0 Å². The van der Waals surface area contributed by atoms with Crippen molar-refractivity contribution in [3.8, 4) is 0 Å². The first-order chi connectivity index (χ1) is 13.9. The van der Waals surface area contributed by atoms with Crippen LogP contribution in [0.2, 0.25) is 0 Å². The standard InChI is InChI=1S/C24H38FN3O/c1-19(2)28-13-6-8-22(18-28)24(29)26(3)17-20-10-14-27(15-11-20)16-12-21-7-4-5-9-23(21)25/h4-5,7,9,19-20,22H,6,8,10-18H2,1-3H3/t22-/m0/s1. The van der Waals surface area contributed by atoms with Gasteiger partial charge in [0.2, 0.25) is 5.91 Å². The van der Waals surface area contributed by atoms with Gasteiger partial charge in [0.05, 0.1) is 5.92 Å². The van der Waals surface area contributed by atoms with Gasteiger partial charge < -0.3 is 14.7 Å². The van der Waals surface area contributed by atoms with E-state index in [1.807, 2.05) is 24.1 Å². The monoisotopic (exact) mass is 403 g/mol. The Morgan fingerprint density at radius 3 is 2.59 bits per heavy atom. The van der Waals surface area contributed by atoms with Crippen LogP contribution in [0.4, 0.5) is 4.39 Å². The third-order valence-corrected chi connectivity index (χ3v) is 6.80. The lowest BCUT2D eigenvalue weighted by Gasteiger charge is -2.38. The maximum absolute atomic E-state index is 13.8. The van der Waals surface area contributed by atoms with E-state index in [1.165, 1.54) is 0 Å². The number of likely N-dealkylation sites (tertiary alicyclic amines) is 2. The summed E-state index contributed by atoms with van der Waals surface area (Å²) in [6.07, 6.45) is 5.17. The normalized spacial score (nSPS) is 22.2. The van der Waals surface area contributed by atoms with Gasteiger partial charge in [-0.05, 0) is 83.1 Å². The van der Waals surface area contributed by atoms with Crippen LogP contribution >= 0.6 is 0 Å². The van der Waals surface area contributed by atoms with Crippen molar-refractivity contribution in [1.29, 1.82) is 0 Å². The van der Waals surface area contributed by atoms with Crippen molar-refractivity contribution in [2.24, 2.45) is 11.8 Å². The topological polar surface area (TPSA) is 26.8 Å². The Bertz CT molecular complexity index is 657. The highest BCUT2D eigenvalue weighted by atomic mass is 19.1. The first-order valence-electron chi connectivity index (χ1n) is 11.4. The SMILES string of the molecule is CC(C)N1CCC[C@H](C(=O)N(C)CC2CCN(CCc3ccccc3F)CC2)C1. The Labute approximate surface area is 176 Å². The number of rotatable bonds is 7. The Morgan fingerprint density at radius 2 is 1.90 bits per heavy atom. The third kappa shape index (κ3) is 6.26. The van der Waals surface area contributed by atoms with Gasteiger partial charge in [0, 0.05) is 32.7 Å². The Kier molecular flexibility index (Phi) is 8.07. The first-order valence-corrected chi connectivity index (χ1v) is 11.4. The molecule has 1 aromatic rings. The van der Waals surface area contributed by atoms with Crippen molar-refractivity contribution in [3.05, 3.63) is 35.6 Å². The zero-order valence-corrected chi connectivity index (χ0v) is 18.4. The van der Waals surface area contributed by atoms with Crippen LogP contribution in [-0.2, 0) is 11.2 Å². The van der Waals surface area contributed by atoms with E-state index in [-0.39, 0.29) is 11.7 Å². The van der Waals surface area contributed by atoms with Gasteiger partial charge >= 0.3 is 0 Å². The van der Waals surface area contributed by atoms with Crippen LogP contribution in [0.3, 0.4) is 0 Å². The van der Waals surface area contributed by atoms with Gasteiger partial charge in [0.25, 0.3) is 0 Å². The molecule has 0 aromatic heterocycles. The van der Waals surface area contributed by atoms with E-state index in [9.17, 15) is 9.18 Å². The molecule has 0 spiro atoms. The zero-order chi connectivity index (χ0) is 20.8. The summed E-state index contributed by atoms with van der Waals surface area (Å²) < 4.78 is 13.8. The molecule has 0 unspecified atom stereocenters. The number of carbonyl (C=O) groups excluding carboxylic acids is 1. The second-order valence-corrected chi connectivity index (χ2v) is 9.27. The maximum atomic E-state index is 13.8. The largest absolute Gasteiger partial charge is 0.345 e. The van der Waals surface area contributed by atoms with Crippen LogP contribution in [0.25, 0.3) is 0 Å². The second kappa shape index (κ2) is 10.5. The van der Waals surface area contributed by atoms with E-state index in [1.54, 1.807) is 12.1 Å². The van der Waals surface area contributed by atoms with Crippen LogP contribution < -0.4 is 0 Å². The number of halogens is 1. The van der Waals surface area contributed by atoms with E-state index >= 15 is 0 Å². The van der Waals surface area contributed by atoms with E-state index in [0.29, 0.717) is 17.9 Å². The van der Waals surface area contributed by atoms with Gasteiger partial charge in [-0.15, -0.1) is 0 Å². The number of hydrogen-bond acceptors (Lipinski definition) is 3. The molecule has 2 aliphatic rings. The van der Waals surface area contributed by atoms with Gasteiger partial charge in [-0.25, -0.2) is 4.39 Å². The third-order valence-electron chi connectivity index (χ3n) is 6.80. The molecule has 5 heteroatoms. The van der Waals surface area contributed by atoms with Crippen LogP contribution in [0.15, 0.2) is 24.3 Å². The summed E-state index contributed by atoms with van der Waals surface area (Å²) in [6, 6.07) is 7.60. The molecule has 162 valence electrons. The minimum Gasteiger partial charge on any atom is -0.345 e. The predicted molar refractivity (Wildman–Crippen MR) is 116 cm³/mol. The van der Waals surface area contributed by atoms with Crippen molar-refractivity contribution in [2.75, 3.05) is 46.3 Å². The molecular formula is C24H38FN3O. The fourth-order valence-electron chi connectivity index (χ4n) is 4.84. The summed E-state index contributed by atoms with van der Waals surface area (Å²) in [7, 11) is 1.99. The number of hydrogen-bond donors (Lipinski definition) is 0. The average molecular weight is 404 g/mol. The highest BCUT2D eigenvalue weighted by Gasteiger charge is 2.30. The molecule has 4 nitrogen and oxygen atoms in total. The molecular weight excluding hydrogens is 365 g/mol. The molecule has 1 aromatic carbocycles. The van der Waals surface area contributed by atoms with E-state index in [0.717, 1.165) is 76.9 Å². The zero-order valence-electron chi connectivity index (χ0n) is 18.4. The summed E-state index contributed by atoms with van der Waals surface area (Å²) in [5, 5.41) is 0. The number of benzene rings is 1.